The van der Waals surface area contributed by atoms with Crippen LogP contribution in [0.25, 0.3) is 0 Å². The Labute approximate surface area is 86.8 Å². The van der Waals surface area contributed by atoms with Crippen molar-refractivity contribution in [2.24, 2.45) is 0 Å². The third kappa shape index (κ3) is 2.73. The number of hydrogen-bond donors (Lipinski definition) is 0. The Kier molecular flexibility index (Phi) is 3.39. The van der Waals surface area contributed by atoms with Crippen molar-refractivity contribution >= 4 is 9.04 Å². The predicted molar refractivity (Wildman–Crippen MR) is 59.1 cm³/mol. The van der Waals surface area contributed by atoms with Crippen molar-refractivity contribution in [2.75, 3.05) is 6.61 Å². The zero-order chi connectivity index (χ0) is 9.64. The smallest absolute Gasteiger partial charge is 0.302 e. The second-order valence-corrected chi connectivity index (χ2v) is 5.23. The quantitative estimate of drug-likeness (QED) is 0.462. The Morgan fingerprint density at radius 2 is 2.00 bits per heavy atom. The van der Waals surface area contributed by atoms with Gasteiger partial charge in [-0.1, -0.05) is 36.1 Å². The van der Waals surface area contributed by atoms with E-state index in [9.17, 15) is 0 Å². The van der Waals surface area contributed by atoms with Gasteiger partial charge in [0.15, 0.2) is 0 Å². The van der Waals surface area contributed by atoms with E-state index in [1.807, 2.05) is 30.3 Å². The second-order valence-electron chi connectivity index (χ2n) is 3.34. The molecule has 1 aliphatic rings. The first kappa shape index (κ1) is 9.51. The Bertz CT molecular complexity index is 330. The van der Waals surface area contributed by atoms with Crippen LogP contribution in [0.3, 0.4) is 0 Å². The molecule has 0 atom stereocenters. The van der Waals surface area contributed by atoms with Crippen molar-refractivity contribution < 1.29 is 4.43 Å². The van der Waals surface area contributed by atoms with Gasteiger partial charge in [-0.05, 0) is 24.6 Å². The number of hydrogen-bond acceptors (Lipinski definition) is 1. The molecule has 0 unspecified atom stereocenters. The van der Waals surface area contributed by atoms with E-state index in [2.05, 4.69) is 11.5 Å². The first-order valence-electron chi connectivity index (χ1n) is 5.01. The molecule has 71 valence electrons. The van der Waals surface area contributed by atoms with E-state index in [0.717, 1.165) is 12.2 Å². The van der Waals surface area contributed by atoms with Crippen LogP contribution in [0.1, 0.15) is 18.4 Å². The van der Waals surface area contributed by atoms with Gasteiger partial charge in [0.05, 0.1) is 0 Å². The van der Waals surface area contributed by atoms with Crippen LogP contribution >= 0.6 is 0 Å². The lowest BCUT2D eigenvalue weighted by molar-refractivity contribution is 0.295. The molecule has 1 radical (unpaired) electrons. The van der Waals surface area contributed by atoms with Crippen molar-refractivity contribution in [3.8, 4) is 11.5 Å². The topological polar surface area (TPSA) is 9.23 Å². The highest BCUT2D eigenvalue weighted by Gasteiger charge is 2.14. The van der Waals surface area contributed by atoms with E-state index in [4.69, 9.17) is 4.43 Å². The maximum atomic E-state index is 5.63. The summed E-state index contributed by atoms with van der Waals surface area (Å²) in [4.78, 5) is 0. The second kappa shape index (κ2) is 4.99. The minimum atomic E-state index is -0.807. The Balaban J connectivity index is 1.99. The molecule has 0 N–H and O–H groups in total. The molecule has 2 rings (SSSR count). The van der Waals surface area contributed by atoms with Gasteiger partial charge in [0.1, 0.15) is 0 Å². The Hall–Kier alpha value is -1.04. The molecule has 1 aliphatic heterocycles. The molecular weight excluding hydrogens is 188 g/mol. The summed E-state index contributed by atoms with van der Waals surface area (Å²) in [6.07, 6.45) is 2.50. The van der Waals surface area contributed by atoms with E-state index in [1.165, 1.54) is 18.9 Å². The molecule has 0 spiro atoms. The zero-order valence-corrected chi connectivity index (χ0v) is 9.12. The molecule has 0 aliphatic carbocycles. The minimum absolute atomic E-state index is 0.807. The summed E-state index contributed by atoms with van der Waals surface area (Å²) in [7, 11) is -0.807. The first-order valence-corrected chi connectivity index (χ1v) is 6.62. The predicted octanol–water partition coefficient (Wildman–Crippen LogP) is 2.38. The fourth-order valence-electron chi connectivity index (χ4n) is 1.42. The summed E-state index contributed by atoms with van der Waals surface area (Å²) in [5, 5.41) is 0. The summed E-state index contributed by atoms with van der Waals surface area (Å²) in [6.45, 7) is 0.914. The van der Waals surface area contributed by atoms with Gasteiger partial charge in [-0.15, -0.1) is 0 Å². The summed E-state index contributed by atoms with van der Waals surface area (Å²) in [5.74, 6) is 3.18. The van der Waals surface area contributed by atoms with E-state index < -0.39 is 9.04 Å². The Morgan fingerprint density at radius 3 is 2.71 bits per heavy atom. The summed E-state index contributed by atoms with van der Waals surface area (Å²) >= 11 is 0. The number of benzene rings is 1. The fourth-order valence-corrected chi connectivity index (χ4v) is 3.00. The van der Waals surface area contributed by atoms with Gasteiger partial charge >= 0.3 is 9.04 Å². The van der Waals surface area contributed by atoms with Crippen LogP contribution in [0.4, 0.5) is 0 Å². The van der Waals surface area contributed by atoms with Gasteiger partial charge in [-0.2, -0.15) is 0 Å². The third-order valence-electron chi connectivity index (χ3n) is 2.19. The summed E-state index contributed by atoms with van der Waals surface area (Å²) in [6, 6.07) is 11.3. The van der Waals surface area contributed by atoms with Gasteiger partial charge in [0.2, 0.25) is 0 Å². The van der Waals surface area contributed by atoms with Gasteiger partial charge in [-0.25, -0.2) is 0 Å². The van der Waals surface area contributed by atoms with Gasteiger partial charge in [0.25, 0.3) is 0 Å². The molecule has 1 heterocycles. The molecule has 2 heteroatoms. The lowest BCUT2D eigenvalue weighted by atomic mass is 10.2. The molecular formula is C12H13OSi. The first-order chi connectivity index (χ1) is 6.95. The van der Waals surface area contributed by atoms with Gasteiger partial charge < -0.3 is 4.43 Å². The number of rotatable bonds is 0. The van der Waals surface area contributed by atoms with Gasteiger partial charge in [-0.3, -0.25) is 0 Å². The van der Waals surface area contributed by atoms with E-state index in [1.54, 1.807) is 0 Å². The minimum Gasteiger partial charge on any atom is -0.405 e. The maximum Gasteiger partial charge on any atom is 0.302 e. The monoisotopic (exact) mass is 201 g/mol. The molecule has 0 saturated carbocycles. The average Bonchev–Trinajstić information content (AvgIpc) is 2.29. The van der Waals surface area contributed by atoms with Crippen molar-refractivity contribution in [1.29, 1.82) is 0 Å². The normalized spacial score (nSPS) is 17.1. The molecule has 1 fully saturated rings. The molecule has 1 saturated heterocycles. The van der Waals surface area contributed by atoms with Crippen LogP contribution in [0.2, 0.25) is 6.04 Å². The standard InChI is InChI=1S/C12H13OSi/c1-2-6-12(7-3-1)8-11-14-10-5-4-9-13-14/h1-3,6-7H,4-5,9-10H2. The largest absolute Gasteiger partial charge is 0.405 e. The van der Waals surface area contributed by atoms with E-state index in [-0.39, 0.29) is 0 Å². The summed E-state index contributed by atoms with van der Waals surface area (Å²) in [5.41, 5.74) is 4.36. The van der Waals surface area contributed by atoms with Crippen molar-refractivity contribution in [3.05, 3.63) is 35.9 Å². The molecule has 1 nitrogen and oxygen atoms in total. The molecule has 14 heavy (non-hydrogen) atoms. The average molecular weight is 201 g/mol. The maximum absolute atomic E-state index is 5.63. The van der Waals surface area contributed by atoms with Crippen LogP contribution in [-0.2, 0) is 4.43 Å². The highest BCUT2D eigenvalue weighted by molar-refractivity contribution is 6.61. The third-order valence-corrected chi connectivity index (χ3v) is 3.96. The SMILES string of the molecule is C(#C[Si]1CCCCO1)c1ccccc1. The molecule has 0 bridgehead atoms. The van der Waals surface area contributed by atoms with Gasteiger partial charge in [0, 0.05) is 12.2 Å². The van der Waals surface area contributed by atoms with Crippen LogP contribution in [0.5, 0.6) is 0 Å². The molecule has 0 aromatic heterocycles. The molecule has 0 amide bonds. The van der Waals surface area contributed by atoms with Crippen LogP contribution in [0.15, 0.2) is 30.3 Å². The summed E-state index contributed by atoms with van der Waals surface area (Å²) < 4.78 is 5.63. The van der Waals surface area contributed by atoms with Crippen LogP contribution < -0.4 is 0 Å². The van der Waals surface area contributed by atoms with Crippen molar-refractivity contribution in [1.82, 2.24) is 0 Å². The fraction of sp³-hybridized carbons (Fsp3) is 0.333. The van der Waals surface area contributed by atoms with Crippen LogP contribution in [-0.4, -0.2) is 15.6 Å². The van der Waals surface area contributed by atoms with Crippen molar-refractivity contribution in [2.45, 2.75) is 18.9 Å². The Morgan fingerprint density at radius 1 is 1.14 bits per heavy atom. The van der Waals surface area contributed by atoms with Crippen molar-refractivity contribution in [3.63, 3.8) is 0 Å². The molecule has 1 aromatic rings. The van der Waals surface area contributed by atoms with E-state index in [0.29, 0.717) is 0 Å². The highest BCUT2D eigenvalue weighted by atomic mass is 28.3. The van der Waals surface area contributed by atoms with E-state index >= 15 is 0 Å². The van der Waals surface area contributed by atoms with Crippen LogP contribution in [0, 0.1) is 11.5 Å². The zero-order valence-electron chi connectivity index (χ0n) is 8.12. The lowest BCUT2D eigenvalue weighted by Crippen LogP contribution is -2.21. The lowest BCUT2D eigenvalue weighted by Gasteiger charge is -2.14. The molecule has 1 aromatic carbocycles. The highest BCUT2D eigenvalue weighted by Crippen LogP contribution is 2.09.